The van der Waals surface area contributed by atoms with Crippen molar-refractivity contribution in [3.05, 3.63) is 74.2 Å². The van der Waals surface area contributed by atoms with Crippen molar-refractivity contribution in [2.24, 2.45) is 0 Å². The van der Waals surface area contributed by atoms with Crippen molar-refractivity contribution in [1.29, 1.82) is 0 Å². The first-order valence-electron chi connectivity index (χ1n) is 9.67. The third kappa shape index (κ3) is 4.09. The molecule has 6 nitrogen and oxygen atoms in total. The average Bonchev–Trinajstić information content (AvgIpc) is 3.20. The number of halogens is 1. The maximum absolute atomic E-state index is 13.2. The molecule has 0 bridgehead atoms. The smallest absolute Gasteiger partial charge is 0.261 e. The number of thiazole rings is 1. The predicted octanol–water partition coefficient (Wildman–Crippen LogP) is 4.22. The van der Waals surface area contributed by atoms with Gasteiger partial charge in [-0.1, -0.05) is 30.7 Å². The minimum absolute atomic E-state index is 0.113. The molecule has 2 heterocycles. The Hall–Kier alpha value is -2.74. The summed E-state index contributed by atoms with van der Waals surface area (Å²) in [4.78, 5) is 23.5. The number of anilines is 1. The number of benzene rings is 2. The van der Waals surface area contributed by atoms with Gasteiger partial charge >= 0.3 is 0 Å². The summed E-state index contributed by atoms with van der Waals surface area (Å²) in [6.45, 7) is 6.00. The molecule has 0 aliphatic heterocycles. The maximum atomic E-state index is 13.2. The van der Waals surface area contributed by atoms with Crippen LogP contribution < -0.4 is 16.6 Å². The predicted molar refractivity (Wildman–Crippen MR) is 124 cm³/mol. The zero-order valence-corrected chi connectivity index (χ0v) is 18.3. The summed E-state index contributed by atoms with van der Waals surface area (Å²) in [5.41, 5.74) is 9.13. The van der Waals surface area contributed by atoms with E-state index in [4.69, 9.17) is 17.3 Å². The van der Waals surface area contributed by atoms with Crippen LogP contribution >= 0.6 is 22.9 Å². The van der Waals surface area contributed by atoms with Gasteiger partial charge in [0.25, 0.3) is 5.56 Å². The number of aromatic nitrogens is 3. The van der Waals surface area contributed by atoms with Crippen LogP contribution in [0.25, 0.3) is 21.5 Å². The van der Waals surface area contributed by atoms with E-state index >= 15 is 0 Å². The first-order valence-corrected chi connectivity index (χ1v) is 10.9. The number of nitrogens with two attached hydrogens (primary N) is 1. The minimum atomic E-state index is -0.113. The van der Waals surface area contributed by atoms with Crippen LogP contribution in [0.4, 0.5) is 5.69 Å². The van der Waals surface area contributed by atoms with Gasteiger partial charge in [-0.15, -0.1) is 11.3 Å². The number of rotatable bonds is 6. The molecule has 3 N–H and O–H groups in total. The van der Waals surface area contributed by atoms with Gasteiger partial charge in [0.15, 0.2) is 0 Å². The maximum Gasteiger partial charge on any atom is 0.261 e. The lowest BCUT2D eigenvalue weighted by molar-refractivity contribution is 0.713. The molecule has 4 rings (SSSR count). The fourth-order valence-corrected chi connectivity index (χ4v) is 4.35. The van der Waals surface area contributed by atoms with Gasteiger partial charge in [-0.3, -0.25) is 9.36 Å². The summed E-state index contributed by atoms with van der Waals surface area (Å²) in [6, 6.07) is 11.0. The van der Waals surface area contributed by atoms with E-state index in [9.17, 15) is 4.79 Å². The number of hydrogen-bond donors (Lipinski definition) is 2. The highest BCUT2D eigenvalue weighted by Crippen LogP contribution is 2.32. The molecule has 154 valence electrons. The molecule has 0 radical (unpaired) electrons. The number of hydrogen-bond acceptors (Lipinski definition) is 6. The van der Waals surface area contributed by atoms with Crippen LogP contribution in [-0.4, -0.2) is 21.1 Å². The van der Waals surface area contributed by atoms with Crippen LogP contribution in [0.2, 0.25) is 5.02 Å². The first kappa shape index (κ1) is 20.5. The van der Waals surface area contributed by atoms with Crippen molar-refractivity contribution in [1.82, 2.24) is 19.9 Å². The normalized spacial score (nSPS) is 11.3. The average molecular weight is 440 g/mol. The molecule has 0 saturated heterocycles. The highest BCUT2D eigenvalue weighted by atomic mass is 35.5. The van der Waals surface area contributed by atoms with Crippen LogP contribution in [0.1, 0.15) is 23.2 Å². The lowest BCUT2D eigenvalue weighted by Gasteiger charge is -2.12. The summed E-state index contributed by atoms with van der Waals surface area (Å²) in [5, 5.41) is 5.28. The fourth-order valence-electron chi connectivity index (χ4n) is 3.30. The zero-order valence-electron chi connectivity index (χ0n) is 16.8. The van der Waals surface area contributed by atoms with E-state index in [0.29, 0.717) is 34.0 Å². The molecule has 2 aromatic carbocycles. The first-order chi connectivity index (χ1) is 14.5. The molecule has 2 aromatic heterocycles. The van der Waals surface area contributed by atoms with Gasteiger partial charge in [0.05, 0.1) is 17.4 Å². The second-order valence-corrected chi connectivity index (χ2v) is 8.60. The van der Waals surface area contributed by atoms with E-state index in [1.165, 1.54) is 0 Å². The third-order valence-electron chi connectivity index (χ3n) is 4.90. The lowest BCUT2D eigenvalue weighted by atomic mass is 10.1. The molecule has 8 heteroatoms. The Morgan fingerprint density at radius 1 is 1.23 bits per heavy atom. The van der Waals surface area contributed by atoms with Crippen LogP contribution in [0.5, 0.6) is 0 Å². The van der Waals surface area contributed by atoms with Gasteiger partial charge < -0.3 is 11.1 Å². The standard InChI is InChI=1S/C22H22ClN5OS/c1-3-25-10-16-11-26-21(30-16)17-9-20-18(8-19(17)24)22(29)28(13(2)27-20)12-14-4-6-15(23)7-5-14/h4-9,11,25H,3,10,12,24H2,1-2H3. The summed E-state index contributed by atoms with van der Waals surface area (Å²) in [7, 11) is 0. The van der Waals surface area contributed by atoms with Crippen molar-refractivity contribution in [2.45, 2.75) is 26.9 Å². The van der Waals surface area contributed by atoms with E-state index in [1.54, 1.807) is 22.0 Å². The van der Waals surface area contributed by atoms with Crippen molar-refractivity contribution in [3.63, 3.8) is 0 Å². The molecule has 0 aliphatic carbocycles. The molecular weight excluding hydrogens is 418 g/mol. The van der Waals surface area contributed by atoms with E-state index in [0.717, 1.165) is 34.1 Å². The fraction of sp³-hybridized carbons (Fsp3) is 0.227. The number of aryl methyl sites for hydroxylation is 1. The third-order valence-corrected chi connectivity index (χ3v) is 6.19. The largest absolute Gasteiger partial charge is 0.398 e. The highest BCUT2D eigenvalue weighted by molar-refractivity contribution is 7.15. The van der Waals surface area contributed by atoms with Crippen LogP contribution in [0, 0.1) is 6.92 Å². The Kier molecular flexibility index (Phi) is 5.85. The van der Waals surface area contributed by atoms with Gasteiger partial charge in [0, 0.05) is 33.9 Å². The van der Waals surface area contributed by atoms with E-state index in [-0.39, 0.29) is 5.56 Å². The highest BCUT2D eigenvalue weighted by Gasteiger charge is 2.14. The summed E-state index contributed by atoms with van der Waals surface area (Å²) in [5.74, 6) is 0.644. The van der Waals surface area contributed by atoms with Crippen LogP contribution in [0.3, 0.4) is 0 Å². The number of fused-ring (bicyclic) bond motifs is 1. The Morgan fingerprint density at radius 2 is 2.00 bits per heavy atom. The second kappa shape index (κ2) is 8.55. The molecule has 0 atom stereocenters. The Bertz CT molecular complexity index is 1260. The Morgan fingerprint density at radius 3 is 2.73 bits per heavy atom. The molecule has 0 spiro atoms. The molecule has 4 aromatic rings. The summed E-state index contributed by atoms with van der Waals surface area (Å²) < 4.78 is 1.66. The van der Waals surface area contributed by atoms with Gasteiger partial charge in [-0.2, -0.15) is 0 Å². The van der Waals surface area contributed by atoms with E-state index in [2.05, 4.69) is 22.2 Å². The number of nitrogens with one attached hydrogen (secondary N) is 1. The Labute approximate surface area is 183 Å². The van der Waals surface area contributed by atoms with E-state index < -0.39 is 0 Å². The molecule has 0 aliphatic rings. The quantitative estimate of drug-likeness (QED) is 0.439. The molecule has 0 amide bonds. The second-order valence-electron chi connectivity index (χ2n) is 7.05. The van der Waals surface area contributed by atoms with Gasteiger partial charge in [-0.05, 0) is 43.3 Å². The molecular formula is C22H22ClN5OS. The molecule has 0 saturated carbocycles. The minimum Gasteiger partial charge on any atom is -0.398 e. The molecule has 0 unspecified atom stereocenters. The van der Waals surface area contributed by atoms with Crippen molar-refractivity contribution in [3.8, 4) is 10.6 Å². The monoisotopic (exact) mass is 439 g/mol. The van der Waals surface area contributed by atoms with E-state index in [1.807, 2.05) is 43.5 Å². The zero-order chi connectivity index (χ0) is 21.3. The van der Waals surface area contributed by atoms with Gasteiger partial charge in [-0.25, -0.2) is 9.97 Å². The van der Waals surface area contributed by atoms with Crippen LogP contribution in [0.15, 0.2) is 47.4 Å². The lowest BCUT2D eigenvalue weighted by Crippen LogP contribution is -2.24. The van der Waals surface area contributed by atoms with Crippen molar-refractivity contribution >= 4 is 39.5 Å². The van der Waals surface area contributed by atoms with Crippen molar-refractivity contribution < 1.29 is 0 Å². The molecule has 0 fully saturated rings. The Balaban J connectivity index is 1.74. The van der Waals surface area contributed by atoms with Crippen molar-refractivity contribution in [2.75, 3.05) is 12.3 Å². The summed E-state index contributed by atoms with van der Waals surface area (Å²) >= 11 is 7.55. The number of nitrogens with zero attached hydrogens (tertiary/aromatic N) is 3. The topological polar surface area (TPSA) is 85.8 Å². The van der Waals surface area contributed by atoms with Gasteiger partial charge in [0.2, 0.25) is 0 Å². The SMILES string of the molecule is CCNCc1cnc(-c2cc3nc(C)n(Cc4ccc(Cl)cc4)c(=O)c3cc2N)s1. The van der Waals surface area contributed by atoms with Gasteiger partial charge in [0.1, 0.15) is 10.8 Å². The molecule has 30 heavy (non-hydrogen) atoms. The number of nitrogen functional groups attached to an aromatic ring is 1. The van der Waals surface area contributed by atoms with Crippen LogP contribution in [-0.2, 0) is 13.1 Å². The summed E-state index contributed by atoms with van der Waals surface area (Å²) in [6.07, 6.45) is 1.86.